The lowest BCUT2D eigenvalue weighted by molar-refractivity contribution is 0.607. The summed E-state index contributed by atoms with van der Waals surface area (Å²) in [7, 11) is 0. The van der Waals surface area contributed by atoms with Crippen molar-refractivity contribution in [3.8, 4) is 0 Å². The van der Waals surface area contributed by atoms with Gasteiger partial charge in [0.05, 0.1) is 5.01 Å². The van der Waals surface area contributed by atoms with Gasteiger partial charge in [0.25, 0.3) is 0 Å². The van der Waals surface area contributed by atoms with E-state index in [2.05, 4.69) is 42.5 Å². The molecule has 0 saturated heterocycles. The summed E-state index contributed by atoms with van der Waals surface area (Å²) in [6.07, 6.45) is 3.28. The Kier molecular flexibility index (Phi) is 4.99. The second-order valence-electron chi connectivity index (χ2n) is 3.99. The average Bonchev–Trinajstić information content (AvgIpc) is 2.50. The van der Waals surface area contributed by atoms with E-state index in [1.165, 1.54) is 10.6 Å². The largest absolute Gasteiger partial charge is 0.310 e. The van der Waals surface area contributed by atoms with Crippen LogP contribution >= 0.6 is 11.3 Å². The van der Waals surface area contributed by atoms with Crippen LogP contribution in [0.5, 0.6) is 0 Å². The average molecular weight is 224 g/mol. The van der Waals surface area contributed by atoms with Crippen molar-refractivity contribution in [2.45, 2.75) is 40.2 Å². The zero-order valence-corrected chi connectivity index (χ0v) is 10.8. The Balaban J connectivity index is 2.62. The number of nitrogens with one attached hydrogen (secondary N) is 1. The minimum atomic E-state index is 0.422. The lowest BCUT2D eigenvalue weighted by Gasteiger charge is -2.12. The summed E-state index contributed by atoms with van der Waals surface area (Å²) in [4.78, 5) is 4.49. The molecule has 1 unspecified atom stereocenters. The summed E-state index contributed by atoms with van der Waals surface area (Å²) in [5, 5.41) is 6.79. The molecule has 1 rings (SSSR count). The number of hydrogen-bond donors (Lipinski definition) is 1. The molecule has 3 heteroatoms. The third-order valence-electron chi connectivity index (χ3n) is 2.06. The van der Waals surface area contributed by atoms with E-state index < -0.39 is 0 Å². The Morgan fingerprint density at radius 2 is 2.33 bits per heavy atom. The van der Waals surface area contributed by atoms with Gasteiger partial charge < -0.3 is 5.32 Å². The van der Waals surface area contributed by atoms with Gasteiger partial charge in [0.2, 0.25) is 0 Å². The van der Waals surface area contributed by atoms with E-state index in [1.54, 1.807) is 11.3 Å². The minimum absolute atomic E-state index is 0.422. The van der Waals surface area contributed by atoms with Crippen molar-refractivity contribution in [2.24, 2.45) is 0 Å². The first-order valence-electron chi connectivity index (χ1n) is 5.41. The third-order valence-corrected chi connectivity index (χ3v) is 3.05. The molecule has 0 aliphatic rings. The molecule has 84 valence electrons. The lowest BCUT2D eigenvalue weighted by atomic mass is 10.1. The number of nitrogens with zero attached hydrogens (tertiary/aromatic N) is 1. The molecule has 1 aromatic heterocycles. The fourth-order valence-electron chi connectivity index (χ4n) is 1.54. The molecule has 0 radical (unpaired) electrons. The summed E-state index contributed by atoms with van der Waals surface area (Å²) in [5.41, 5.74) is 2.48. The Bertz CT molecular complexity index is 324. The molecule has 0 saturated carbocycles. The maximum Gasteiger partial charge on any atom is 0.0946 e. The van der Waals surface area contributed by atoms with Crippen molar-refractivity contribution in [3.63, 3.8) is 0 Å². The van der Waals surface area contributed by atoms with E-state index in [0.717, 1.165) is 18.7 Å². The van der Waals surface area contributed by atoms with Crippen LogP contribution in [0, 0.1) is 6.92 Å². The lowest BCUT2D eigenvalue weighted by Crippen LogP contribution is -2.29. The van der Waals surface area contributed by atoms with E-state index >= 15 is 0 Å². The second kappa shape index (κ2) is 6.03. The number of allylic oxidation sites excluding steroid dienone is 1. The number of likely N-dealkylation sites (N-methyl/N-ethyl adjacent to an activating group) is 1. The van der Waals surface area contributed by atoms with Crippen molar-refractivity contribution in [1.29, 1.82) is 0 Å². The predicted molar refractivity (Wildman–Crippen MR) is 67.5 cm³/mol. The summed E-state index contributed by atoms with van der Waals surface area (Å²) >= 11 is 1.75. The van der Waals surface area contributed by atoms with Crippen LogP contribution in [0.1, 0.15) is 31.5 Å². The molecular weight excluding hydrogens is 204 g/mol. The SMILES string of the molecule is CCNC(C=C(C)C)Cc1nc(C)cs1. The monoisotopic (exact) mass is 224 g/mol. The van der Waals surface area contributed by atoms with Crippen LogP contribution in [-0.4, -0.2) is 17.6 Å². The van der Waals surface area contributed by atoms with Gasteiger partial charge in [0, 0.05) is 23.5 Å². The summed E-state index contributed by atoms with van der Waals surface area (Å²) < 4.78 is 0. The number of hydrogen-bond acceptors (Lipinski definition) is 3. The van der Waals surface area contributed by atoms with Crippen LogP contribution in [0.3, 0.4) is 0 Å². The molecule has 1 N–H and O–H groups in total. The van der Waals surface area contributed by atoms with Crippen molar-refractivity contribution in [3.05, 3.63) is 27.7 Å². The Morgan fingerprint density at radius 1 is 1.60 bits per heavy atom. The quantitative estimate of drug-likeness (QED) is 0.778. The van der Waals surface area contributed by atoms with Gasteiger partial charge in [-0.05, 0) is 27.3 Å². The Labute approximate surface area is 96.4 Å². The molecule has 0 aliphatic carbocycles. The normalized spacial score (nSPS) is 12.5. The molecule has 2 nitrogen and oxygen atoms in total. The van der Waals surface area contributed by atoms with Crippen LogP contribution in [0.4, 0.5) is 0 Å². The molecular formula is C12H20N2S. The van der Waals surface area contributed by atoms with Gasteiger partial charge in [-0.15, -0.1) is 11.3 Å². The highest BCUT2D eigenvalue weighted by Gasteiger charge is 2.07. The molecule has 0 bridgehead atoms. The fourth-order valence-corrected chi connectivity index (χ4v) is 2.37. The van der Waals surface area contributed by atoms with Gasteiger partial charge in [0.1, 0.15) is 0 Å². The molecule has 0 fully saturated rings. The topological polar surface area (TPSA) is 24.9 Å². The fraction of sp³-hybridized carbons (Fsp3) is 0.583. The van der Waals surface area contributed by atoms with Gasteiger partial charge >= 0.3 is 0 Å². The standard InChI is InChI=1S/C12H20N2S/c1-5-13-11(6-9(2)3)7-12-14-10(4)8-15-12/h6,8,11,13H,5,7H2,1-4H3. The predicted octanol–water partition coefficient (Wildman–Crippen LogP) is 2.94. The third kappa shape index (κ3) is 4.58. The van der Waals surface area contributed by atoms with Crippen molar-refractivity contribution < 1.29 is 0 Å². The van der Waals surface area contributed by atoms with Crippen LogP contribution in [0.15, 0.2) is 17.0 Å². The van der Waals surface area contributed by atoms with Gasteiger partial charge in [0.15, 0.2) is 0 Å². The van der Waals surface area contributed by atoms with Crippen LogP contribution in [-0.2, 0) is 6.42 Å². The minimum Gasteiger partial charge on any atom is -0.310 e. The Morgan fingerprint density at radius 3 is 2.80 bits per heavy atom. The number of aromatic nitrogens is 1. The van der Waals surface area contributed by atoms with Gasteiger partial charge in [-0.25, -0.2) is 4.98 Å². The zero-order valence-electron chi connectivity index (χ0n) is 10.0. The molecule has 1 atom stereocenters. The summed E-state index contributed by atoms with van der Waals surface area (Å²) in [5.74, 6) is 0. The number of rotatable bonds is 5. The van der Waals surface area contributed by atoms with Crippen LogP contribution < -0.4 is 5.32 Å². The maximum atomic E-state index is 4.49. The van der Waals surface area contributed by atoms with E-state index in [-0.39, 0.29) is 0 Å². The van der Waals surface area contributed by atoms with Gasteiger partial charge in [-0.3, -0.25) is 0 Å². The van der Waals surface area contributed by atoms with Gasteiger partial charge in [-0.1, -0.05) is 18.6 Å². The maximum absolute atomic E-state index is 4.49. The summed E-state index contributed by atoms with van der Waals surface area (Å²) in [6, 6.07) is 0.422. The molecule has 1 aromatic rings. The molecule has 0 spiro atoms. The molecule has 0 aromatic carbocycles. The number of thiazole rings is 1. The highest BCUT2D eigenvalue weighted by atomic mass is 32.1. The first-order chi connectivity index (χ1) is 7.11. The highest BCUT2D eigenvalue weighted by molar-refractivity contribution is 7.09. The van der Waals surface area contributed by atoms with E-state index in [4.69, 9.17) is 0 Å². The molecule has 0 amide bonds. The first kappa shape index (κ1) is 12.4. The number of aryl methyl sites for hydroxylation is 1. The van der Waals surface area contributed by atoms with Crippen LogP contribution in [0.25, 0.3) is 0 Å². The van der Waals surface area contributed by atoms with Gasteiger partial charge in [-0.2, -0.15) is 0 Å². The van der Waals surface area contributed by atoms with Crippen LogP contribution in [0.2, 0.25) is 0 Å². The second-order valence-corrected chi connectivity index (χ2v) is 4.94. The zero-order chi connectivity index (χ0) is 11.3. The van der Waals surface area contributed by atoms with E-state index in [0.29, 0.717) is 6.04 Å². The van der Waals surface area contributed by atoms with E-state index in [9.17, 15) is 0 Å². The molecule has 1 heterocycles. The first-order valence-corrected chi connectivity index (χ1v) is 6.29. The Hall–Kier alpha value is -0.670. The van der Waals surface area contributed by atoms with Crippen molar-refractivity contribution >= 4 is 11.3 Å². The molecule has 0 aliphatic heterocycles. The smallest absolute Gasteiger partial charge is 0.0946 e. The van der Waals surface area contributed by atoms with Crippen molar-refractivity contribution in [1.82, 2.24) is 10.3 Å². The highest BCUT2D eigenvalue weighted by Crippen LogP contribution is 2.12. The molecule has 15 heavy (non-hydrogen) atoms. The van der Waals surface area contributed by atoms with Crippen molar-refractivity contribution in [2.75, 3.05) is 6.54 Å². The summed E-state index contributed by atoms with van der Waals surface area (Å²) in [6.45, 7) is 9.45. The van der Waals surface area contributed by atoms with E-state index in [1.807, 2.05) is 6.92 Å².